The lowest BCUT2D eigenvalue weighted by Gasteiger charge is -2.10. The lowest BCUT2D eigenvalue weighted by molar-refractivity contribution is 0.256. The van der Waals surface area contributed by atoms with Crippen LogP contribution in [0.1, 0.15) is 5.56 Å². The van der Waals surface area contributed by atoms with E-state index in [9.17, 15) is 26.3 Å². The highest BCUT2D eigenvalue weighted by Gasteiger charge is 2.21. The summed E-state index contributed by atoms with van der Waals surface area (Å²) in [7, 11) is 0. The highest BCUT2D eigenvalue weighted by molar-refractivity contribution is 5.29. The maximum atomic E-state index is 13.3. The molecule has 7 heteroatoms. The van der Waals surface area contributed by atoms with Gasteiger partial charge in [0, 0.05) is 11.6 Å². The van der Waals surface area contributed by atoms with Crippen molar-refractivity contribution < 1.29 is 31.1 Å². The van der Waals surface area contributed by atoms with Crippen molar-refractivity contribution in [3.05, 3.63) is 64.7 Å². The van der Waals surface area contributed by atoms with Gasteiger partial charge in [-0.1, -0.05) is 12.1 Å². The minimum absolute atomic E-state index is 0.0142. The molecule has 0 unspecified atom stereocenters. The third kappa shape index (κ3) is 2.56. The molecule has 0 bridgehead atoms. The number of rotatable bonds is 3. The lowest BCUT2D eigenvalue weighted by atomic mass is 10.2. The topological polar surface area (TPSA) is 9.23 Å². The van der Waals surface area contributed by atoms with E-state index in [1.54, 1.807) is 0 Å². The summed E-state index contributed by atoms with van der Waals surface area (Å²) in [5.74, 6) is -10.6. The predicted octanol–water partition coefficient (Wildman–Crippen LogP) is 4.10. The van der Waals surface area contributed by atoms with Crippen LogP contribution in [0.25, 0.3) is 0 Å². The smallest absolute Gasteiger partial charge is 0.203 e. The first-order valence-corrected chi connectivity index (χ1v) is 5.30. The van der Waals surface area contributed by atoms with Gasteiger partial charge in [-0.25, -0.2) is 17.6 Å². The zero-order valence-corrected chi connectivity index (χ0v) is 9.69. The predicted molar refractivity (Wildman–Crippen MR) is 57.0 cm³/mol. The van der Waals surface area contributed by atoms with Crippen molar-refractivity contribution in [2.24, 2.45) is 0 Å². The molecule has 2 rings (SSSR count). The highest BCUT2D eigenvalue weighted by Crippen LogP contribution is 2.27. The summed E-state index contributed by atoms with van der Waals surface area (Å²) in [4.78, 5) is 0. The second kappa shape index (κ2) is 5.44. The van der Waals surface area contributed by atoms with Crippen LogP contribution in [0.15, 0.2) is 24.3 Å². The largest absolute Gasteiger partial charge is 0.483 e. The molecule has 0 amide bonds. The molecule has 0 radical (unpaired) electrons. The van der Waals surface area contributed by atoms with Crippen LogP contribution in [0.3, 0.4) is 0 Å². The van der Waals surface area contributed by atoms with Crippen LogP contribution >= 0.6 is 0 Å². The Morgan fingerprint density at radius 2 is 1.35 bits per heavy atom. The van der Waals surface area contributed by atoms with Crippen LogP contribution < -0.4 is 4.74 Å². The van der Waals surface area contributed by atoms with E-state index >= 15 is 0 Å². The van der Waals surface area contributed by atoms with Crippen molar-refractivity contribution in [1.82, 2.24) is 0 Å². The van der Waals surface area contributed by atoms with Gasteiger partial charge < -0.3 is 4.74 Å². The molecule has 0 aliphatic carbocycles. The average Bonchev–Trinajstić information content (AvgIpc) is 2.41. The van der Waals surface area contributed by atoms with Crippen molar-refractivity contribution in [3.63, 3.8) is 0 Å². The molecule has 106 valence electrons. The Labute approximate surface area is 109 Å². The summed E-state index contributed by atoms with van der Waals surface area (Å²) in [5, 5.41) is 0. The quantitative estimate of drug-likeness (QED) is 0.611. The number of ether oxygens (including phenoxy) is 1. The first kappa shape index (κ1) is 14.2. The molecule has 0 aromatic heterocycles. The van der Waals surface area contributed by atoms with Crippen LogP contribution in [0.5, 0.6) is 5.75 Å². The van der Waals surface area contributed by atoms with Crippen LogP contribution in [0, 0.1) is 34.9 Å². The molecule has 1 nitrogen and oxygen atoms in total. The molecule has 0 saturated carbocycles. The monoisotopic (exact) mass is 292 g/mol. The van der Waals surface area contributed by atoms with Gasteiger partial charge in [0.1, 0.15) is 6.61 Å². The Kier molecular flexibility index (Phi) is 3.87. The highest BCUT2D eigenvalue weighted by atomic mass is 19.2. The fourth-order valence-corrected chi connectivity index (χ4v) is 1.49. The maximum absolute atomic E-state index is 13.3. The van der Waals surface area contributed by atoms with Crippen molar-refractivity contribution in [3.8, 4) is 5.75 Å². The van der Waals surface area contributed by atoms with Gasteiger partial charge in [0.25, 0.3) is 0 Å². The average molecular weight is 292 g/mol. The summed E-state index contributed by atoms with van der Waals surface area (Å²) in [6, 6.07) is 3.10. The van der Waals surface area contributed by atoms with E-state index in [0.29, 0.717) is 0 Å². The number of halogens is 6. The maximum Gasteiger partial charge on any atom is 0.203 e. The molecule has 0 spiro atoms. The molecule has 2 aromatic rings. The minimum atomic E-state index is -1.75. The van der Waals surface area contributed by atoms with E-state index in [-0.39, 0.29) is 11.6 Å². The molecule has 0 aliphatic rings. The molecule has 0 fully saturated rings. The second-order valence-corrected chi connectivity index (χ2v) is 3.80. The van der Waals surface area contributed by atoms with E-state index in [2.05, 4.69) is 4.74 Å². The fraction of sp³-hybridized carbons (Fsp3) is 0.0769. The summed E-state index contributed by atoms with van der Waals surface area (Å²) in [6.07, 6.45) is 0. The summed E-state index contributed by atoms with van der Waals surface area (Å²) in [5.41, 5.74) is -0.353. The number of hydrogen-bond donors (Lipinski definition) is 0. The molecule has 20 heavy (non-hydrogen) atoms. The Hall–Kier alpha value is -2.18. The van der Waals surface area contributed by atoms with Crippen molar-refractivity contribution >= 4 is 0 Å². The zero-order valence-electron chi connectivity index (χ0n) is 9.69. The van der Waals surface area contributed by atoms with E-state index in [1.165, 1.54) is 0 Å². The van der Waals surface area contributed by atoms with E-state index in [1.807, 2.05) is 0 Å². The van der Waals surface area contributed by atoms with Crippen molar-refractivity contribution in [2.75, 3.05) is 0 Å². The van der Waals surface area contributed by atoms with Crippen LogP contribution in [-0.4, -0.2) is 0 Å². The third-order valence-corrected chi connectivity index (χ3v) is 2.48. The molecular formula is C13H6F6O. The van der Waals surface area contributed by atoms with E-state index in [4.69, 9.17) is 0 Å². The van der Waals surface area contributed by atoms with Gasteiger partial charge in [0.15, 0.2) is 29.0 Å². The van der Waals surface area contributed by atoms with Crippen molar-refractivity contribution in [2.45, 2.75) is 6.61 Å². The first-order valence-electron chi connectivity index (χ1n) is 5.30. The Balaban J connectivity index is 2.30. The molecule has 0 N–H and O–H groups in total. The summed E-state index contributed by atoms with van der Waals surface area (Å²) < 4.78 is 83.0. The van der Waals surface area contributed by atoms with Gasteiger partial charge in [-0.2, -0.15) is 8.78 Å². The molecule has 0 heterocycles. The van der Waals surface area contributed by atoms with Crippen molar-refractivity contribution in [1.29, 1.82) is 0 Å². The van der Waals surface area contributed by atoms with E-state index in [0.717, 1.165) is 18.2 Å². The number of benzene rings is 2. The van der Waals surface area contributed by atoms with Gasteiger partial charge in [0.05, 0.1) is 0 Å². The molecule has 0 aliphatic heterocycles. The first-order chi connectivity index (χ1) is 9.41. The second-order valence-electron chi connectivity index (χ2n) is 3.80. The Morgan fingerprint density at radius 3 is 1.95 bits per heavy atom. The SMILES string of the molecule is Fc1cccc(COc2c(F)c(F)cc(F)c2F)c1F. The van der Waals surface area contributed by atoms with Crippen LogP contribution in [-0.2, 0) is 6.61 Å². The molecular weight excluding hydrogens is 286 g/mol. The molecule has 2 aromatic carbocycles. The third-order valence-electron chi connectivity index (χ3n) is 2.48. The van der Waals surface area contributed by atoms with Gasteiger partial charge in [-0.3, -0.25) is 0 Å². The summed E-state index contributed by atoms with van der Waals surface area (Å²) >= 11 is 0. The van der Waals surface area contributed by atoms with Crippen LogP contribution in [0.2, 0.25) is 0 Å². The molecule has 0 atom stereocenters. The van der Waals surface area contributed by atoms with E-state index < -0.39 is 47.3 Å². The van der Waals surface area contributed by atoms with Gasteiger partial charge >= 0.3 is 0 Å². The minimum Gasteiger partial charge on any atom is -0.483 e. The van der Waals surface area contributed by atoms with Gasteiger partial charge in [0.2, 0.25) is 11.6 Å². The fourth-order valence-electron chi connectivity index (χ4n) is 1.49. The van der Waals surface area contributed by atoms with Gasteiger partial charge in [-0.05, 0) is 6.07 Å². The molecule has 0 saturated heterocycles. The summed E-state index contributed by atoms with van der Waals surface area (Å²) in [6.45, 7) is -0.791. The van der Waals surface area contributed by atoms with Gasteiger partial charge in [-0.15, -0.1) is 0 Å². The zero-order chi connectivity index (χ0) is 14.9. The normalized spacial score (nSPS) is 10.7. The lowest BCUT2D eigenvalue weighted by Crippen LogP contribution is -2.05. The van der Waals surface area contributed by atoms with Crippen LogP contribution in [0.4, 0.5) is 26.3 Å². The Morgan fingerprint density at radius 1 is 0.750 bits per heavy atom. The standard InChI is InChI=1S/C13H6F6O/c14-7-3-1-2-6(10(7)17)5-20-13-11(18)8(15)4-9(16)12(13)19/h1-4H,5H2. The Bertz CT molecular complexity index is 630. The number of hydrogen-bond acceptors (Lipinski definition) is 1.